The predicted molar refractivity (Wildman–Crippen MR) is 96.4 cm³/mol. The molecule has 0 bridgehead atoms. The number of hydrogen-bond donors (Lipinski definition) is 3. The highest BCUT2D eigenvalue weighted by atomic mass is 16.2. The Kier molecular flexibility index (Phi) is 7.55. The molecule has 23 heavy (non-hydrogen) atoms. The van der Waals surface area contributed by atoms with Crippen molar-refractivity contribution < 1.29 is 4.79 Å². The van der Waals surface area contributed by atoms with Crippen molar-refractivity contribution in [1.82, 2.24) is 15.5 Å². The van der Waals surface area contributed by atoms with E-state index in [1.54, 1.807) is 0 Å². The van der Waals surface area contributed by atoms with Crippen LogP contribution in [0.3, 0.4) is 0 Å². The van der Waals surface area contributed by atoms with Crippen molar-refractivity contribution in [3.63, 3.8) is 0 Å². The van der Waals surface area contributed by atoms with Crippen molar-refractivity contribution in [2.24, 2.45) is 16.6 Å². The molecule has 6 heteroatoms. The number of nitrogens with two attached hydrogens (primary N) is 1. The summed E-state index contributed by atoms with van der Waals surface area (Å²) in [4.78, 5) is 18.4. The van der Waals surface area contributed by atoms with Crippen molar-refractivity contribution in [2.45, 2.75) is 46.1 Å². The summed E-state index contributed by atoms with van der Waals surface area (Å²) in [5.41, 5.74) is 6.66. The van der Waals surface area contributed by atoms with Crippen molar-refractivity contribution >= 4 is 11.9 Å². The topological polar surface area (TPSA) is 82.8 Å². The Morgan fingerprint density at radius 3 is 2.48 bits per heavy atom. The summed E-state index contributed by atoms with van der Waals surface area (Å²) in [6.45, 7) is 15.5. The summed E-state index contributed by atoms with van der Waals surface area (Å²) in [7, 11) is 0. The molecule has 132 valence electrons. The molecule has 1 aliphatic heterocycles. The number of rotatable bonds is 6. The second kappa shape index (κ2) is 8.91. The molecule has 0 unspecified atom stereocenters. The van der Waals surface area contributed by atoms with Crippen LogP contribution in [0, 0.1) is 5.92 Å². The van der Waals surface area contributed by atoms with Crippen molar-refractivity contribution in [2.75, 3.05) is 32.7 Å². The third kappa shape index (κ3) is 9.23. The van der Waals surface area contributed by atoms with Gasteiger partial charge in [0.2, 0.25) is 5.91 Å². The van der Waals surface area contributed by atoms with Gasteiger partial charge in [-0.1, -0.05) is 12.2 Å². The van der Waals surface area contributed by atoms with Crippen LogP contribution in [0.2, 0.25) is 0 Å². The number of nitrogens with one attached hydrogen (secondary N) is 2. The standard InChI is InChI=1S/C17H33N5O/c1-13(2)10-19-16(18)20-11-14-6-8-22(9-7-14)12-15(23)21-17(3,4)5/h14H,1,6-12H2,2-5H3,(H,21,23)(H3,18,19,20). The first-order chi connectivity index (χ1) is 10.7. The molecule has 1 rings (SSSR count). The molecular weight excluding hydrogens is 290 g/mol. The van der Waals surface area contributed by atoms with E-state index >= 15 is 0 Å². The molecule has 0 aliphatic carbocycles. The molecule has 0 aromatic rings. The van der Waals surface area contributed by atoms with Gasteiger partial charge in [0.05, 0.1) is 13.1 Å². The van der Waals surface area contributed by atoms with Crippen LogP contribution in [0.1, 0.15) is 40.5 Å². The number of piperidine rings is 1. The molecule has 0 atom stereocenters. The van der Waals surface area contributed by atoms with Crippen LogP contribution >= 0.6 is 0 Å². The number of carbonyl (C=O) groups is 1. The largest absolute Gasteiger partial charge is 0.370 e. The number of guanidine groups is 1. The normalized spacial score (nSPS) is 17.8. The lowest BCUT2D eigenvalue weighted by Gasteiger charge is -2.32. The minimum absolute atomic E-state index is 0.102. The number of carbonyl (C=O) groups excluding carboxylic acids is 1. The van der Waals surface area contributed by atoms with Gasteiger partial charge in [-0.15, -0.1) is 0 Å². The number of amides is 1. The molecule has 1 amide bonds. The van der Waals surface area contributed by atoms with Crippen LogP contribution < -0.4 is 16.4 Å². The first-order valence-electron chi connectivity index (χ1n) is 8.37. The van der Waals surface area contributed by atoms with Gasteiger partial charge < -0.3 is 16.4 Å². The summed E-state index contributed by atoms with van der Waals surface area (Å²) < 4.78 is 0. The van der Waals surface area contributed by atoms with Gasteiger partial charge in [-0.25, -0.2) is 4.99 Å². The van der Waals surface area contributed by atoms with E-state index in [9.17, 15) is 4.79 Å². The Balaban J connectivity index is 2.24. The Morgan fingerprint density at radius 1 is 1.35 bits per heavy atom. The fourth-order valence-electron chi connectivity index (χ4n) is 2.53. The van der Waals surface area contributed by atoms with Gasteiger partial charge >= 0.3 is 0 Å². The van der Waals surface area contributed by atoms with E-state index in [0.717, 1.165) is 38.0 Å². The van der Waals surface area contributed by atoms with E-state index in [1.807, 2.05) is 27.7 Å². The maximum atomic E-state index is 11.9. The van der Waals surface area contributed by atoms with Gasteiger partial charge in [0, 0.05) is 12.1 Å². The maximum absolute atomic E-state index is 11.9. The summed E-state index contributed by atoms with van der Waals surface area (Å²) >= 11 is 0. The average Bonchev–Trinajstić information content (AvgIpc) is 2.42. The molecule has 0 radical (unpaired) electrons. The van der Waals surface area contributed by atoms with Gasteiger partial charge in [-0.2, -0.15) is 0 Å². The van der Waals surface area contributed by atoms with Crippen LogP contribution in [0.25, 0.3) is 0 Å². The lowest BCUT2D eigenvalue weighted by atomic mass is 9.97. The SMILES string of the molecule is C=C(C)CN=C(N)NCC1CCN(CC(=O)NC(C)(C)C)CC1. The summed E-state index contributed by atoms with van der Waals surface area (Å²) in [6, 6.07) is 0. The van der Waals surface area contributed by atoms with E-state index in [4.69, 9.17) is 5.73 Å². The molecule has 0 aromatic carbocycles. The summed E-state index contributed by atoms with van der Waals surface area (Å²) in [5, 5.41) is 6.19. The highest BCUT2D eigenvalue weighted by Gasteiger charge is 2.22. The third-order valence-electron chi connectivity index (χ3n) is 3.68. The van der Waals surface area contributed by atoms with E-state index < -0.39 is 0 Å². The maximum Gasteiger partial charge on any atom is 0.234 e. The number of hydrogen-bond acceptors (Lipinski definition) is 3. The zero-order chi connectivity index (χ0) is 17.5. The van der Waals surface area contributed by atoms with E-state index in [-0.39, 0.29) is 11.4 Å². The second-order valence-electron chi connectivity index (χ2n) is 7.56. The third-order valence-corrected chi connectivity index (χ3v) is 3.68. The average molecular weight is 323 g/mol. The van der Waals surface area contributed by atoms with E-state index in [0.29, 0.717) is 25.0 Å². The number of aliphatic imine (C=N–C) groups is 1. The Bertz CT molecular complexity index is 431. The van der Waals surface area contributed by atoms with Crippen LogP contribution in [0.4, 0.5) is 0 Å². The first-order valence-corrected chi connectivity index (χ1v) is 8.37. The van der Waals surface area contributed by atoms with Crippen molar-refractivity contribution in [3.05, 3.63) is 12.2 Å². The van der Waals surface area contributed by atoms with E-state index in [2.05, 4.69) is 27.1 Å². The summed E-state index contributed by atoms with van der Waals surface area (Å²) in [5.74, 6) is 1.17. The zero-order valence-electron chi connectivity index (χ0n) is 15.1. The number of nitrogens with zero attached hydrogens (tertiary/aromatic N) is 2. The minimum Gasteiger partial charge on any atom is -0.370 e. The minimum atomic E-state index is -0.167. The monoisotopic (exact) mass is 323 g/mol. The highest BCUT2D eigenvalue weighted by molar-refractivity contribution is 5.78. The smallest absolute Gasteiger partial charge is 0.234 e. The highest BCUT2D eigenvalue weighted by Crippen LogP contribution is 2.16. The summed E-state index contributed by atoms with van der Waals surface area (Å²) in [6.07, 6.45) is 2.15. The molecule has 4 N–H and O–H groups in total. The number of likely N-dealkylation sites (tertiary alicyclic amines) is 1. The van der Waals surface area contributed by atoms with Crippen molar-refractivity contribution in [1.29, 1.82) is 0 Å². The van der Waals surface area contributed by atoms with Gasteiger partial charge in [0.25, 0.3) is 0 Å². The lowest BCUT2D eigenvalue weighted by Crippen LogP contribution is -2.48. The van der Waals surface area contributed by atoms with Crippen LogP contribution in [0.5, 0.6) is 0 Å². The van der Waals surface area contributed by atoms with Gasteiger partial charge in [-0.3, -0.25) is 9.69 Å². The van der Waals surface area contributed by atoms with Crippen LogP contribution in [-0.4, -0.2) is 55.0 Å². The second-order valence-corrected chi connectivity index (χ2v) is 7.56. The molecule has 1 saturated heterocycles. The molecule has 0 aromatic heterocycles. The Morgan fingerprint density at radius 2 is 1.96 bits per heavy atom. The molecule has 1 fully saturated rings. The fourth-order valence-corrected chi connectivity index (χ4v) is 2.53. The van der Waals surface area contributed by atoms with Gasteiger partial charge in [0.1, 0.15) is 0 Å². The molecule has 0 spiro atoms. The molecular formula is C17H33N5O. The van der Waals surface area contributed by atoms with Gasteiger partial charge in [0.15, 0.2) is 5.96 Å². The van der Waals surface area contributed by atoms with Crippen LogP contribution in [-0.2, 0) is 4.79 Å². The predicted octanol–water partition coefficient (Wildman–Crippen LogP) is 1.09. The van der Waals surface area contributed by atoms with Crippen LogP contribution in [0.15, 0.2) is 17.1 Å². The van der Waals surface area contributed by atoms with E-state index in [1.165, 1.54) is 0 Å². The molecule has 1 heterocycles. The fraction of sp³-hybridized carbons (Fsp3) is 0.765. The lowest BCUT2D eigenvalue weighted by molar-refractivity contribution is -0.124. The first kappa shape index (κ1) is 19.5. The Hall–Kier alpha value is -1.56. The van der Waals surface area contributed by atoms with Gasteiger partial charge in [-0.05, 0) is 59.5 Å². The zero-order valence-corrected chi connectivity index (χ0v) is 15.1. The quantitative estimate of drug-likeness (QED) is 0.388. The molecule has 0 saturated carbocycles. The molecule has 6 nitrogen and oxygen atoms in total. The van der Waals surface area contributed by atoms with Crippen molar-refractivity contribution in [3.8, 4) is 0 Å². The Labute approximate surface area is 140 Å². The molecule has 1 aliphatic rings.